The molecular formula is C11H18N4O4. The topological polar surface area (TPSA) is 127 Å². The summed E-state index contributed by atoms with van der Waals surface area (Å²) in [6, 6.07) is -1.63. The maximum atomic E-state index is 11.4. The van der Waals surface area contributed by atoms with E-state index >= 15 is 0 Å². The van der Waals surface area contributed by atoms with Gasteiger partial charge in [0.05, 0.1) is 0 Å². The van der Waals surface area contributed by atoms with Crippen molar-refractivity contribution in [1.29, 1.82) is 0 Å². The Morgan fingerprint density at radius 2 is 2.26 bits per heavy atom. The van der Waals surface area contributed by atoms with Gasteiger partial charge in [0.1, 0.15) is 11.9 Å². The van der Waals surface area contributed by atoms with Crippen molar-refractivity contribution in [2.75, 3.05) is 13.2 Å². The first-order chi connectivity index (χ1) is 9.13. The van der Waals surface area contributed by atoms with E-state index in [9.17, 15) is 9.59 Å². The fourth-order valence-corrected chi connectivity index (χ4v) is 1.49. The summed E-state index contributed by atoms with van der Waals surface area (Å²) < 4.78 is 0. The van der Waals surface area contributed by atoms with Crippen molar-refractivity contribution in [3.63, 3.8) is 0 Å². The summed E-state index contributed by atoms with van der Waals surface area (Å²) in [5.74, 6) is -0.328. The summed E-state index contributed by atoms with van der Waals surface area (Å²) >= 11 is 0. The molecule has 0 aliphatic rings. The van der Waals surface area contributed by atoms with Crippen molar-refractivity contribution in [2.45, 2.75) is 25.3 Å². The van der Waals surface area contributed by atoms with Crippen LogP contribution in [0.25, 0.3) is 0 Å². The van der Waals surface area contributed by atoms with Gasteiger partial charge >= 0.3 is 12.0 Å². The van der Waals surface area contributed by atoms with Crippen molar-refractivity contribution in [2.24, 2.45) is 0 Å². The van der Waals surface area contributed by atoms with Crippen LogP contribution in [-0.4, -0.2) is 51.4 Å². The fraction of sp³-hybridized carbons (Fsp3) is 0.545. The molecule has 0 saturated carbocycles. The zero-order chi connectivity index (χ0) is 14.1. The van der Waals surface area contributed by atoms with Crippen LogP contribution in [0.15, 0.2) is 12.4 Å². The number of H-pyrrole nitrogens is 1. The van der Waals surface area contributed by atoms with E-state index in [4.69, 9.17) is 10.2 Å². The highest BCUT2D eigenvalue weighted by atomic mass is 16.4. The molecule has 2 amide bonds. The van der Waals surface area contributed by atoms with Crippen molar-refractivity contribution >= 4 is 12.0 Å². The number of aliphatic hydroxyl groups is 1. The Morgan fingerprint density at radius 3 is 2.84 bits per heavy atom. The molecule has 1 heterocycles. The van der Waals surface area contributed by atoms with Crippen LogP contribution in [0, 0.1) is 0 Å². The Balaban J connectivity index is 2.17. The highest BCUT2D eigenvalue weighted by molar-refractivity contribution is 5.82. The normalized spacial score (nSPS) is 11.8. The van der Waals surface area contributed by atoms with Crippen LogP contribution in [0.1, 0.15) is 18.7 Å². The van der Waals surface area contributed by atoms with Crippen LogP contribution in [0.3, 0.4) is 0 Å². The Labute approximate surface area is 110 Å². The molecule has 0 radical (unpaired) electrons. The van der Waals surface area contributed by atoms with Crippen molar-refractivity contribution in [3.8, 4) is 0 Å². The summed E-state index contributed by atoms with van der Waals surface area (Å²) in [6.07, 6.45) is 4.75. The number of nitrogens with one attached hydrogen (secondary N) is 3. The first-order valence-corrected chi connectivity index (χ1v) is 5.99. The molecule has 19 heavy (non-hydrogen) atoms. The smallest absolute Gasteiger partial charge is 0.326 e. The third kappa shape index (κ3) is 5.87. The number of carboxylic acid groups (broad SMARTS) is 1. The molecule has 0 bridgehead atoms. The van der Waals surface area contributed by atoms with Crippen molar-refractivity contribution in [1.82, 2.24) is 20.6 Å². The number of urea groups is 1. The van der Waals surface area contributed by atoms with Gasteiger partial charge < -0.3 is 25.8 Å². The molecule has 1 aromatic rings. The second kappa shape index (κ2) is 8.09. The molecule has 5 N–H and O–H groups in total. The molecule has 0 aliphatic carbocycles. The lowest BCUT2D eigenvalue weighted by molar-refractivity contribution is -0.139. The van der Waals surface area contributed by atoms with E-state index in [0.717, 1.165) is 5.82 Å². The predicted molar refractivity (Wildman–Crippen MR) is 66.6 cm³/mol. The third-order valence-corrected chi connectivity index (χ3v) is 2.45. The zero-order valence-electron chi connectivity index (χ0n) is 10.4. The van der Waals surface area contributed by atoms with Gasteiger partial charge in [-0.15, -0.1) is 0 Å². The molecule has 0 unspecified atom stereocenters. The first-order valence-electron chi connectivity index (χ1n) is 5.99. The quantitative estimate of drug-likeness (QED) is 0.406. The third-order valence-electron chi connectivity index (χ3n) is 2.45. The minimum atomic E-state index is -1.17. The lowest BCUT2D eigenvalue weighted by atomic mass is 10.2. The van der Waals surface area contributed by atoms with Gasteiger partial charge in [0.25, 0.3) is 0 Å². The summed E-state index contributed by atoms with van der Waals surface area (Å²) in [5, 5.41) is 22.3. The number of rotatable bonds is 8. The second-order valence-corrected chi connectivity index (χ2v) is 3.94. The highest BCUT2D eigenvalue weighted by Gasteiger charge is 2.18. The minimum absolute atomic E-state index is 0.0187. The van der Waals surface area contributed by atoms with Crippen LogP contribution in [-0.2, 0) is 11.2 Å². The predicted octanol–water partition coefficient (Wildman–Crippen LogP) is -0.523. The van der Waals surface area contributed by atoms with E-state index in [0.29, 0.717) is 19.4 Å². The molecule has 8 nitrogen and oxygen atoms in total. The average Bonchev–Trinajstić information content (AvgIpc) is 2.87. The number of aliphatic hydroxyl groups excluding tert-OH is 1. The number of aryl methyl sites for hydroxylation is 1. The number of carbonyl (C=O) groups excluding carboxylic acids is 1. The number of aromatic nitrogens is 2. The number of aliphatic carboxylic acids is 1. The summed E-state index contributed by atoms with van der Waals surface area (Å²) in [7, 11) is 0. The van der Waals surface area contributed by atoms with E-state index in [1.54, 1.807) is 12.4 Å². The zero-order valence-corrected chi connectivity index (χ0v) is 10.4. The molecule has 0 aliphatic heterocycles. The number of hydrogen-bond donors (Lipinski definition) is 5. The van der Waals surface area contributed by atoms with Gasteiger partial charge in [0, 0.05) is 38.4 Å². The molecule has 1 aromatic heterocycles. The number of carbonyl (C=O) groups is 2. The van der Waals surface area contributed by atoms with Gasteiger partial charge in [-0.3, -0.25) is 0 Å². The number of carboxylic acids is 1. The molecule has 106 valence electrons. The van der Waals surface area contributed by atoms with Crippen LogP contribution < -0.4 is 10.6 Å². The van der Waals surface area contributed by atoms with Crippen LogP contribution in [0.2, 0.25) is 0 Å². The van der Waals surface area contributed by atoms with Gasteiger partial charge in [-0.1, -0.05) is 0 Å². The van der Waals surface area contributed by atoms with E-state index in [1.165, 1.54) is 0 Å². The van der Waals surface area contributed by atoms with Gasteiger partial charge in [0.15, 0.2) is 0 Å². The maximum absolute atomic E-state index is 11.4. The van der Waals surface area contributed by atoms with Crippen LogP contribution in [0.5, 0.6) is 0 Å². The molecule has 0 saturated heterocycles. The Hall–Kier alpha value is -2.09. The molecule has 0 aromatic carbocycles. The van der Waals surface area contributed by atoms with E-state index in [2.05, 4.69) is 20.6 Å². The van der Waals surface area contributed by atoms with Gasteiger partial charge in [-0.25, -0.2) is 14.6 Å². The SMILES string of the molecule is O=C(NCCCc1ncc[nH]1)N[C@@H](CCO)C(=O)O. The average molecular weight is 270 g/mol. The summed E-state index contributed by atoms with van der Waals surface area (Å²) in [5.41, 5.74) is 0. The van der Waals surface area contributed by atoms with Gasteiger partial charge in [-0.2, -0.15) is 0 Å². The molecule has 0 spiro atoms. The highest BCUT2D eigenvalue weighted by Crippen LogP contribution is 1.94. The van der Waals surface area contributed by atoms with Gasteiger partial charge in [-0.05, 0) is 6.42 Å². The number of nitrogens with zero attached hydrogens (tertiary/aromatic N) is 1. The molecule has 1 atom stereocenters. The number of hydrogen-bond acceptors (Lipinski definition) is 4. The van der Waals surface area contributed by atoms with Crippen LogP contribution in [0.4, 0.5) is 4.79 Å². The molecule has 8 heteroatoms. The summed E-state index contributed by atoms with van der Waals surface area (Å²) in [4.78, 5) is 29.1. The number of imidazole rings is 1. The fourth-order valence-electron chi connectivity index (χ4n) is 1.49. The van der Waals surface area contributed by atoms with E-state index in [-0.39, 0.29) is 13.0 Å². The lowest BCUT2D eigenvalue weighted by Crippen LogP contribution is -2.46. The number of aromatic amines is 1. The maximum Gasteiger partial charge on any atom is 0.326 e. The Bertz CT molecular complexity index is 393. The minimum Gasteiger partial charge on any atom is -0.480 e. The lowest BCUT2D eigenvalue weighted by Gasteiger charge is -2.13. The standard InChI is InChI=1S/C11H18N4O4/c16-7-3-8(10(17)18)15-11(19)14-4-1-2-9-12-5-6-13-9/h5-6,8,16H,1-4,7H2,(H,12,13)(H,17,18)(H2,14,15,19)/t8-/m0/s1. The Morgan fingerprint density at radius 1 is 1.47 bits per heavy atom. The van der Waals surface area contributed by atoms with Gasteiger partial charge in [0.2, 0.25) is 0 Å². The summed E-state index contributed by atoms with van der Waals surface area (Å²) in [6.45, 7) is 0.119. The van der Waals surface area contributed by atoms with Crippen molar-refractivity contribution < 1.29 is 19.8 Å². The number of amides is 2. The molecular weight excluding hydrogens is 252 g/mol. The monoisotopic (exact) mass is 270 g/mol. The Kier molecular flexibility index (Phi) is 6.37. The largest absolute Gasteiger partial charge is 0.480 e. The molecule has 1 rings (SSSR count). The second-order valence-electron chi connectivity index (χ2n) is 3.94. The molecule has 0 fully saturated rings. The van der Waals surface area contributed by atoms with E-state index < -0.39 is 18.0 Å². The van der Waals surface area contributed by atoms with E-state index in [1.807, 2.05) is 0 Å². The van der Waals surface area contributed by atoms with Crippen LogP contribution >= 0.6 is 0 Å². The first kappa shape index (κ1) is 15.0. The van der Waals surface area contributed by atoms with Crippen molar-refractivity contribution in [3.05, 3.63) is 18.2 Å².